The molecule has 0 saturated carbocycles. The van der Waals surface area contributed by atoms with Crippen molar-refractivity contribution < 1.29 is 52.3 Å². The number of nitrogens with two attached hydrogens (primary N) is 1. The van der Waals surface area contributed by atoms with Gasteiger partial charge >= 0.3 is 23.9 Å². The summed E-state index contributed by atoms with van der Waals surface area (Å²) in [6, 6.07) is 7.47. The summed E-state index contributed by atoms with van der Waals surface area (Å²) in [7, 11) is 0. The Morgan fingerprint density at radius 3 is 2.07 bits per heavy atom. The van der Waals surface area contributed by atoms with Crippen molar-refractivity contribution in [2.24, 2.45) is 5.73 Å². The highest BCUT2D eigenvalue weighted by atomic mass is 16.7. The van der Waals surface area contributed by atoms with Gasteiger partial charge in [-0.25, -0.2) is 0 Å². The molecule has 1 aromatic heterocycles. The van der Waals surface area contributed by atoms with Crippen molar-refractivity contribution in [2.75, 3.05) is 19.8 Å². The first-order chi connectivity index (χ1) is 20.4. The van der Waals surface area contributed by atoms with Crippen molar-refractivity contribution in [2.45, 2.75) is 84.6 Å². The minimum absolute atomic E-state index is 0.0300. The zero-order valence-corrected chi connectivity index (χ0v) is 25.1. The zero-order chi connectivity index (χ0) is 31.7. The van der Waals surface area contributed by atoms with Crippen LogP contribution >= 0.6 is 0 Å². The number of aromatic amines is 1. The van der Waals surface area contributed by atoms with E-state index in [-0.39, 0.29) is 18.4 Å². The van der Waals surface area contributed by atoms with Crippen LogP contribution in [0.1, 0.15) is 64.3 Å². The molecule has 3 N–H and O–H groups in total. The molecule has 1 aliphatic rings. The number of hydrogen-bond donors (Lipinski definition) is 2. The maximum atomic E-state index is 12.2. The lowest BCUT2D eigenvalue weighted by Crippen LogP contribution is -2.63. The average Bonchev–Trinajstić information content (AvgIpc) is 3.31. The van der Waals surface area contributed by atoms with Crippen LogP contribution < -0.4 is 15.2 Å². The van der Waals surface area contributed by atoms with Crippen LogP contribution in [0.25, 0.3) is 0 Å². The number of carbonyl (C=O) groups is 4. The van der Waals surface area contributed by atoms with Crippen LogP contribution in [-0.4, -0.2) is 84.5 Å². The molecule has 5 atom stereocenters. The molecule has 14 nitrogen and oxygen atoms in total. The van der Waals surface area contributed by atoms with Gasteiger partial charge in [0.2, 0.25) is 18.3 Å². The van der Waals surface area contributed by atoms with Gasteiger partial charge < -0.3 is 38.9 Å². The van der Waals surface area contributed by atoms with Crippen molar-refractivity contribution in [3.63, 3.8) is 0 Å². The third-order valence-corrected chi connectivity index (χ3v) is 6.31. The van der Waals surface area contributed by atoms with Gasteiger partial charge in [-0.1, -0.05) is 26.0 Å². The molecule has 14 heteroatoms. The van der Waals surface area contributed by atoms with Crippen molar-refractivity contribution in [1.29, 1.82) is 0 Å². The monoisotopic (exact) mass is 605 g/mol. The summed E-state index contributed by atoms with van der Waals surface area (Å²) < 4.78 is 39.4. The minimum Gasteiger partial charge on any atom is -0.492 e. The number of benzene rings is 1. The second-order valence-electron chi connectivity index (χ2n) is 10.2. The Morgan fingerprint density at radius 2 is 1.51 bits per heavy atom. The largest absolute Gasteiger partial charge is 0.492 e. The molecular weight excluding hydrogens is 566 g/mol. The molecule has 2 aromatic rings. The van der Waals surface area contributed by atoms with Gasteiger partial charge in [-0.05, 0) is 23.6 Å². The van der Waals surface area contributed by atoms with E-state index < -0.39 is 54.6 Å². The molecular formula is C29H39N3O11. The lowest BCUT2D eigenvalue weighted by molar-refractivity contribution is -0.289. The van der Waals surface area contributed by atoms with E-state index in [1.54, 1.807) is 0 Å². The van der Waals surface area contributed by atoms with E-state index >= 15 is 0 Å². The number of carbonyl (C=O) groups excluding carboxylic acids is 4. The number of ether oxygens (including phenoxy) is 7. The van der Waals surface area contributed by atoms with Gasteiger partial charge in [-0.3, -0.25) is 24.3 Å². The maximum Gasteiger partial charge on any atom is 0.303 e. The molecule has 3 rings (SSSR count). The summed E-state index contributed by atoms with van der Waals surface area (Å²) in [5, 5.41) is 7.37. The number of nitrogens with one attached hydrogen (secondary N) is 1. The Morgan fingerprint density at radius 1 is 0.907 bits per heavy atom. The molecule has 236 valence electrons. The number of nitrogens with zero attached hydrogens (tertiary/aromatic N) is 1. The van der Waals surface area contributed by atoms with Crippen LogP contribution in [0.2, 0.25) is 0 Å². The maximum absolute atomic E-state index is 12.2. The number of hydrogen-bond acceptors (Lipinski definition) is 13. The van der Waals surface area contributed by atoms with E-state index in [1.807, 2.05) is 38.1 Å². The summed E-state index contributed by atoms with van der Waals surface area (Å²) in [5.74, 6) is -1.97. The Bertz CT molecular complexity index is 1260. The van der Waals surface area contributed by atoms with Crippen molar-refractivity contribution in [3.05, 3.63) is 41.1 Å². The quantitative estimate of drug-likeness (QED) is 0.249. The van der Waals surface area contributed by atoms with Gasteiger partial charge in [0.05, 0.1) is 0 Å². The molecule has 1 saturated heterocycles. The third kappa shape index (κ3) is 9.41. The highest BCUT2D eigenvalue weighted by Gasteiger charge is 2.53. The van der Waals surface area contributed by atoms with E-state index in [1.165, 1.54) is 6.92 Å². The molecule has 0 unspecified atom stereocenters. The first-order valence-corrected chi connectivity index (χ1v) is 13.9. The average molecular weight is 606 g/mol. The molecule has 0 radical (unpaired) electrons. The SMILES string of the molecule is CC(=O)OC[C@H]1O[C@@H](Oc2n[nH]c(C(C)C)c2Cc2ccc(OCCN)cc2)[C@H](OC(C)=O)[C@@H](OC(C)=O)[C@@H]1OC(C)=O. The van der Waals surface area contributed by atoms with E-state index in [4.69, 9.17) is 38.9 Å². The van der Waals surface area contributed by atoms with Crippen molar-refractivity contribution in [1.82, 2.24) is 10.2 Å². The predicted molar refractivity (Wildman–Crippen MR) is 149 cm³/mol. The molecule has 43 heavy (non-hydrogen) atoms. The van der Waals surface area contributed by atoms with E-state index in [0.29, 0.717) is 30.9 Å². The number of rotatable bonds is 13. The number of aromatic nitrogens is 2. The fourth-order valence-corrected chi connectivity index (χ4v) is 4.59. The Labute approximate surface area is 249 Å². The van der Waals surface area contributed by atoms with Crippen LogP contribution in [0.3, 0.4) is 0 Å². The fraction of sp³-hybridized carbons (Fsp3) is 0.552. The summed E-state index contributed by atoms with van der Waals surface area (Å²) >= 11 is 0. The lowest BCUT2D eigenvalue weighted by Gasteiger charge is -2.43. The van der Waals surface area contributed by atoms with Crippen LogP contribution in [0.4, 0.5) is 0 Å². The van der Waals surface area contributed by atoms with E-state index in [9.17, 15) is 19.2 Å². The Kier molecular flexibility index (Phi) is 11.9. The summed E-state index contributed by atoms with van der Waals surface area (Å²) in [6.07, 6.45) is -6.20. The second kappa shape index (κ2) is 15.3. The van der Waals surface area contributed by atoms with Crippen LogP contribution in [0.5, 0.6) is 11.6 Å². The topological polar surface area (TPSA) is 188 Å². The van der Waals surface area contributed by atoms with Gasteiger partial charge in [-0.2, -0.15) is 0 Å². The summed E-state index contributed by atoms with van der Waals surface area (Å²) in [5.41, 5.74) is 7.94. The van der Waals surface area contributed by atoms with Gasteiger partial charge in [0.25, 0.3) is 0 Å². The van der Waals surface area contributed by atoms with Gasteiger partial charge in [-0.15, -0.1) is 5.10 Å². The van der Waals surface area contributed by atoms with Crippen LogP contribution in [0, 0.1) is 0 Å². The normalized spacial score (nSPS) is 21.5. The number of H-pyrrole nitrogens is 1. The molecule has 1 aromatic carbocycles. The molecule has 1 fully saturated rings. The minimum atomic E-state index is -1.41. The zero-order valence-electron chi connectivity index (χ0n) is 25.1. The van der Waals surface area contributed by atoms with Gasteiger partial charge in [0.15, 0.2) is 12.2 Å². The van der Waals surface area contributed by atoms with Crippen molar-refractivity contribution >= 4 is 23.9 Å². The fourth-order valence-electron chi connectivity index (χ4n) is 4.59. The van der Waals surface area contributed by atoms with Gasteiger partial charge in [0.1, 0.15) is 25.1 Å². The highest BCUT2D eigenvalue weighted by molar-refractivity contribution is 5.68. The number of esters is 4. The van der Waals surface area contributed by atoms with E-state index in [0.717, 1.165) is 32.0 Å². The molecule has 1 aliphatic heterocycles. The standard InChI is InChI=1S/C29H39N3O11/c1-15(2)24-22(13-20-7-9-21(10-8-20)37-12-11-30)28(32-31-24)43-29-27(41-19(6)36)26(40-18(5)35)25(39-17(4)34)23(42-29)14-38-16(3)33/h7-10,15,23,25-27,29H,11-14,30H2,1-6H3,(H,31,32)/t23-,25-,26+,27-,29+/m1/s1. The van der Waals surface area contributed by atoms with E-state index in [2.05, 4.69) is 10.2 Å². The smallest absolute Gasteiger partial charge is 0.303 e. The molecule has 0 spiro atoms. The Hall–Kier alpha value is -4.17. The Balaban J connectivity index is 2.00. The highest BCUT2D eigenvalue weighted by Crippen LogP contribution is 2.34. The summed E-state index contributed by atoms with van der Waals surface area (Å²) in [4.78, 5) is 47.9. The third-order valence-electron chi connectivity index (χ3n) is 6.31. The molecule has 0 aliphatic carbocycles. The van der Waals surface area contributed by atoms with Gasteiger partial charge in [0, 0.05) is 51.9 Å². The summed E-state index contributed by atoms with van der Waals surface area (Å²) in [6.45, 7) is 9.04. The van der Waals surface area contributed by atoms with Crippen molar-refractivity contribution in [3.8, 4) is 11.6 Å². The van der Waals surface area contributed by atoms with Crippen LogP contribution in [-0.2, 0) is 49.3 Å². The first-order valence-electron chi connectivity index (χ1n) is 13.9. The molecule has 0 amide bonds. The predicted octanol–water partition coefficient (Wildman–Crippen LogP) is 1.92. The first kappa shape index (κ1) is 33.3. The lowest BCUT2D eigenvalue weighted by atomic mass is 9.97. The van der Waals surface area contributed by atoms with Crippen LogP contribution in [0.15, 0.2) is 24.3 Å². The molecule has 0 bridgehead atoms. The second-order valence-corrected chi connectivity index (χ2v) is 10.2. The molecule has 2 heterocycles.